The number of hydrogen-bond donors (Lipinski definition) is 1. The van der Waals surface area contributed by atoms with E-state index in [-0.39, 0.29) is 17.3 Å². The SMILES string of the molecule is Cl.NS(=O)(=O)c1ccc([AsH2])cc1. The quantitative estimate of drug-likeness (QED) is 0.666. The van der Waals surface area contributed by atoms with Gasteiger partial charge in [0.15, 0.2) is 0 Å². The summed E-state index contributed by atoms with van der Waals surface area (Å²) in [5.74, 6) is 0. The first-order chi connectivity index (χ1) is 5.00. The van der Waals surface area contributed by atoms with Gasteiger partial charge in [-0.15, -0.1) is 12.4 Å². The summed E-state index contributed by atoms with van der Waals surface area (Å²) in [5, 5.41) is 4.88. The van der Waals surface area contributed by atoms with Gasteiger partial charge >= 0.3 is 73.9 Å². The van der Waals surface area contributed by atoms with Crippen molar-refractivity contribution in [2.45, 2.75) is 4.90 Å². The summed E-state index contributed by atoms with van der Waals surface area (Å²) in [7, 11) is -3.51. The molecule has 1 unspecified atom stereocenters. The van der Waals surface area contributed by atoms with Crippen molar-refractivity contribution >= 4 is 43.6 Å². The van der Waals surface area contributed by atoms with Crippen molar-refractivity contribution in [1.29, 1.82) is 0 Å². The van der Waals surface area contributed by atoms with E-state index in [1.807, 2.05) is 0 Å². The van der Waals surface area contributed by atoms with Crippen LogP contribution in [0.25, 0.3) is 0 Å². The Balaban J connectivity index is 0.00000121. The van der Waals surface area contributed by atoms with Crippen molar-refractivity contribution in [3.05, 3.63) is 24.3 Å². The summed E-state index contributed by atoms with van der Waals surface area (Å²) in [5.41, 5.74) is 0. The predicted octanol–water partition coefficient (Wildman–Crippen LogP) is -0.986. The molecule has 1 aromatic carbocycles. The minimum atomic E-state index is -3.51. The summed E-state index contributed by atoms with van der Waals surface area (Å²) in [4.78, 5) is 0.166. The van der Waals surface area contributed by atoms with E-state index in [4.69, 9.17) is 5.14 Å². The van der Waals surface area contributed by atoms with Crippen LogP contribution in [0.2, 0.25) is 0 Å². The van der Waals surface area contributed by atoms with Crippen LogP contribution >= 0.6 is 12.4 Å². The Bertz CT molecular complexity index is 348. The first-order valence-electron chi connectivity index (χ1n) is 2.88. The molecule has 1 rings (SSSR count). The summed E-state index contributed by atoms with van der Waals surface area (Å²) >= 11 is 1.45. The third-order valence-corrected chi connectivity index (χ3v) is 2.95. The van der Waals surface area contributed by atoms with Crippen LogP contribution in [-0.4, -0.2) is 25.3 Å². The van der Waals surface area contributed by atoms with Gasteiger partial charge in [0.1, 0.15) is 0 Å². The summed E-state index contributed by atoms with van der Waals surface area (Å²) in [6.45, 7) is 0. The van der Waals surface area contributed by atoms with E-state index in [9.17, 15) is 8.42 Å². The topological polar surface area (TPSA) is 60.2 Å². The second kappa shape index (κ2) is 4.28. The van der Waals surface area contributed by atoms with Crippen molar-refractivity contribution in [2.75, 3.05) is 0 Å². The van der Waals surface area contributed by atoms with Gasteiger partial charge < -0.3 is 0 Å². The van der Waals surface area contributed by atoms with Gasteiger partial charge in [0.2, 0.25) is 0 Å². The molecule has 0 spiro atoms. The van der Waals surface area contributed by atoms with E-state index in [1.165, 1.54) is 29.0 Å². The number of nitrogens with two attached hydrogens (primary N) is 1. The number of rotatable bonds is 1. The van der Waals surface area contributed by atoms with E-state index in [0.29, 0.717) is 0 Å². The molecule has 0 amide bonds. The molecule has 0 fully saturated rings. The van der Waals surface area contributed by atoms with E-state index in [1.54, 1.807) is 12.1 Å². The van der Waals surface area contributed by atoms with Crippen molar-refractivity contribution in [3.63, 3.8) is 0 Å². The molecule has 0 aliphatic heterocycles. The minimum absolute atomic E-state index is 0. The number of halogens is 1. The zero-order valence-electron chi connectivity index (χ0n) is 6.10. The van der Waals surface area contributed by atoms with Gasteiger partial charge in [0, 0.05) is 0 Å². The molecular formula is C6H9AsClNO2S. The summed E-state index contributed by atoms with van der Waals surface area (Å²) in [6, 6.07) is 6.48. The molecule has 3 nitrogen and oxygen atoms in total. The van der Waals surface area contributed by atoms with Gasteiger partial charge in [-0.2, -0.15) is 0 Å². The molecule has 0 aliphatic rings. The molecule has 0 saturated carbocycles. The molecule has 0 radical (unpaired) electrons. The van der Waals surface area contributed by atoms with Crippen LogP contribution in [-0.2, 0) is 10.0 Å². The average Bonchev–Trinajstić information content (AvgIpc) is 1.86. The molecule has 68 valence electrons. The average molecular weight is 270 g/mol. The normalized spacial score (nSPS) is 10.5. The van der Waals surface area contributed by atoms with Gasteiger partial charge in [0.25, 0.3) is 0 Å². The molecule has 0 saturated heterocycles. The maximum atomic E-state index is 10.7. The predicted molar refractivity (Wildman–Crippen MR) is 53.2 cm³/mol. The Labute approximate surface area is 86.3 Å². The second-order valence-electron chi connectivity index (χ2n) is 2.11. The van der Waals surface area contributed by atoms with Crippen molar-refractivity contribution < 1.29 is 8.42 Å². The van der Waals surface area contributed by atoms with Crippen molar-refractivity contribution in [2.24, 2.45) is 5.14 Å². The molecular weight excluding hydrogens is 261 g/mol. The first-order valence-corrected chi connectivity index (χ1v) is 5.64. The van der Waals surface area contributed by atoms with Crippen molar-refractivity contribution in [1.82, 2.24) is 0 Å². The Morgan fingerprint density at radius 2 is 1.58 bits per heavy atom. The fraction of sp³-hybridized carbons (Fsp3) is 0. The molecule has 0 heterocycles. The molecule has 0 aliphatic carbocycles. The standard InChI is InChI=1S/C6H8AsNO2S.ClH/c7-5-1-3-6(4-2-5)11(8,9)10;/h1-4H,7H2,(H2,8,9,10);1H. The molecule has 1 aromatic rings. The van der Waals surface area contributed by atoms with Gasteiger partial charge in [-0.1, -0.05) is 0 Å². The Kier molecular flexibility index (Phi) is 4.27. The molecule has 6 heteroatoms. The molecule has 0 aromatic heterocycles. The van der Waals surface area contributed by atoms with Crippen LogP contribution in [0.3, 0.4) is 0 Å². The fourth-order valence-electron chi connectivity index (χ4n) is 0.658. The number of sulfonamides is 1. The monoisotopic (exact) mass is 269 g/mol. The first kappa shape index (κ1) is 12.0. The summed E-state index contributed by atoms with van der Waals surface area (Å²) < 4.78 is 22.5. The van der Waals surface area contributed by atoms with Crippen LogP contribution in [0.5, 0.6) is 0 Å². The Morgan fingerprint density at radius 1 is 1.17 bits per heavy atom. The van der Waals surface area contributed by atoms with E-state index < -0.39 is 10.0 Å². The Hall–Kier alpha value is -0.0216. The number of primary sulfonamides is 1. The third kappa shape index (κ3) is 3.15. The van der Waals surface area contributed by atoms with E-state index >= 15 is 0 Å². The Morgan fingerprint density at radius 3 is 1.92 bits per heavy atom. The number of hydrogen-bond acceptors (Lipinski definition) is 2. The zero-order valence-corrected chi connectivity index (χ0v) is 10.2. The van der Waals surface area contributed by atoms with Crippen LogP contribution < -0.4 is 9.49 Å². The molecule has 2 N–H and O–H groups in total. The van der Waals surface area contributed by atoms with E-state index in [0.717, 1.165) is 4.35 Å². The maximum absolute atomic E-state index is 10.7. The molecule has 1 atom stereocenters. The van der Waals surface area contributed by atoms with Crippen LogP contribution in [0.1, 0.15) is 0 Å². The van der Waals surface area contributed by atoms with Crippen LogP contribution in [0, 0.1) is 0 Å². The fourth-order valence-corrected chi connectivity index (χ4v) is 1.58. The number of benzene rings is 1. The van der Waals surface area contributed by atoms with E-state index in [2.05, 4.69) is 0 Å². The van der Waals surface area contributed by atoms with Crippen molar-refractivity contribution in [3.8, 4) is 0 Å². The van der Waals surface area contributed by atoms with Crippen LogP contribution in [0.4, 0.5) is 0 Å². The van der Waals surface area contributed by atoms with Gasteiger partial charge in [-0.05, 0) is 0 Å². The molecule has 0 bridgehead atoms. The van der Waals surface area contributed by atoms with Gasteiger partial charge in [-0.25, -0.2) is 0 Å². The molecule has 12 heavy (non-hydrogen) atoms. The zero-order chi connectivity index (χ0) is 8.48. The van der Waals surface area contributed by atoms with Crippen LogP contribution in [0.15, 0.2) is 29.2 Å². The third-order valence-electron chi connectivity index (χ3n) is 1.21. The summed E-state index contributed by atoms with van der Waals surface area (Å²) in [6.07, 6.45) is 0. The second-order valence-corrected chi connectivity index (χ2v) is 5.07. The van der Waals surface area contributed by atoms with Gasteiger partial charge in [-0.3, -0.25) is 0 Å². The van der Waals surface area contributed by atoms with Gasteiger partial charge in [0.05, 0.1) is 0 Å².